The lowest BCUT2D eigenvalue weighted by atomic mass is 10.2. The number of benzene rings is 1. The lowest BCUT2D eigenvalue weighted by molar-refractivity contribution is 0.422. The van der Waals surface area contributed by atoms with Crippen molar-refractivity contribution < 1.29 is 15.3 Å². The number of hydrogen-bond acceptors (Lipinski definition) is 3. The van der Waals surface area contributed by atoms with Crippen LogP contribution in [-0.4, -0.2) is 15.3 Å². The highest BCUT2D eigenvalue weighted by atomic mass is 16.3. The molecule has 1 aromatic carbocycles. The molecule has 1 aromatic rings. The summed E-state index contributed by atoms with van der Waals surface area (Å²) in [6.45, 7) is 5.56. The summed E-state index contributed by atoms with van der Waals surface area (Å²) in [5.41, 5.74) is 0.373. The van der Waals surface area contributed by atoms with Gasteiger partial charge < -0.3 is 15.3 Å². The minimum Gasteiger partial charge on any atom is -0.508 e. The van der Waals surface area contributed by atoms with Crippen molar-refractivity contribution in [3.8, 4) is 17.2 Å². The van der Waals surface area contributed by atoms with E-state index in [0.717, 1.165) is 0 Å². The third-order valence-electron chi connectivity index (χ3n) is 1.34. The molecule has 0 atom stereocenters. The molecule has 0 radical (unpaired) electrons. The molecule has 0 aliphatic carbocycles. The summed E-state index contributed by atoms with van der Waals surface area (Å²) >= 11 is 0. The Morgan fingerprint density at radius 3 is 1.58 bits per heavy atom. The van der Waals surface area contributed by atoms with Crippen LogP contribution in [0, 0.1) is 6.92 Å². The van der Waals surface area contributed by atoms with Gasteiger partial charge in [0.05, 0.1) is 0 Å². The highest BCUT2D eigenvalue weighted by Crippen LogP contribution is 2.30. The van der Waals surface area contributed by atoms with Gasteiger partial charge in [0.1, 0.15) is 17.2 Å². The second-order valence-corrected chi connectivity index (χ2v) is 2.11. The second kappa shape index (κ2) is 4.49. The zero-order chi connectivity index (χ0) is 9.72. The third kappa shape index (κ3) is 2.34. The molecule has 0 bridgehead atoms. The van der Waals surface area contributed by atoms with Crippen molar-refractivity contribution in [1.29, 1.82) is 0 Å². The van der Waals surface area contributed by atoms with Gasteiger partial charge in [-0.05, 0) is 6.92 Å². The largest absolute Gasteiger partial charge is 0.508 e. The van der Waals surface area contributed by atoms with E-state index in [-0.39, 0.29) is 17.2 Å². The molecular weight excluding hydrogens is 156 g/mol. The quantitative estimate of drug-likeness (QED) is 0.559. The van der Waals surface area contributed by atoms with Crippen LogP contribution >= 0.6 is 0 Å². The van der Waals surface area contributed by atoms with Gasteiger partial charge in [-0.3, -0.25) is 0 Å². The molecular formula is C9H14O3. The lowest BCUT2D eigenvalue weighted by Crippen LogP contribution is -1.75. The SMILES string of the molecule is CC.Cc1c(O)cc(O)cc1O. The molecule has 0 aliphatic heterocycles. The Bertz CT molecular complexity index is 233. The van der Waals surface area contributed by atoms with Gasteiger partial charge in [0, 0.05) is 17.7 Å². The predicted octanol–water partition coefficient (Wildman–Crippen LogP) is 2.14. The van der Waals surface area contributed by atoms with E-state index in [1.807, 2.05) is 13.8 Å². The van der Waals surface area contributed by atoms with E-state index in [1.54, 1.807) is 6.92 Å². The molecule has 0 amide bonds. The molecule has 3 N–H and O–H groups in total. The Hall–Kier alpha value is -1.38. The average molecular weight is 170 g/mol. The van der Waals surface area contributed by atoms with Crippen LogP contribution in [0.1, 0.15) is 19.4 Å². The molecule has 3 nitrogen and oxygen atoms in total. The van der Waals surface area contributed by atoms with E-state index in [4.69, 9.17) is 15.3 Å². The highest BCUT2D eigenvalue weighted by molar-refractivity contribution is 5.47. The zero-order valence-electron chi connectivity index (χ0n) is 7.50. The van der Waals surface area contributed by atoms with Crippen molar-refractivity contribution in [2.45, 2.75) is 20.8 Å². The summed E-state index contributed by atoms with van der Waals surface area (Å²) in [6.07, 6.45) is 0. The van der Waals surface area contributed by atoms with E-state index in [9.17, 15) is 0 Å². The minimum atomic E-state index is -0.138. The smallest absolute Gasteiger partial charge is 0.125 e. The van der Waals surface area contributed by atoms with Crippen molar-refractivity contribution in [1.82, 2.24) is 0 Å². The maximum absolute atomic E-state index is 8.96. The van der Waals surface area contributed by atoms with Crippen LogP contribution in [0.2, 0.25) is 0 Å². The molecule has 0 saturated carbocycles. The van der Waals surface area contributed by atoms with E-state index in [1.165, 1.54) is 12.1 Å². The summed E-state index contributed by atoms with van der Waals surface area (Å²) < 4.78 is 0. The van der Waals surface area contributed by atoms with Crippen molar-refractivity contribution in [3.63, 3.8) is 0 Å². The van der Waals surface area contributed by atoms with Crippen molar-refractivity contribution in [2.75, 3.05) is 0 Å². The van der Waals surface area contributed by atoms with Crippen LogP contribution in [0.25, 0.3) is 0 Å². The molecule has 0 fully saturated rings. The Morgan fingerprint density at radius 1 is 0.917 bits per heavy atom. The minimum absolute atomic E-state index is 0.0995. The molecule has 0 saturated heterocycles. The fraction of sp³-hybridized carbons (Fsp3) is 0.333. The van der Waals surface area contributed by atoms with Gasteiger partial charge in [0.2, 0.25) is 0 Å². The molecule has 0 spiro atoms. The van der Waals surface area contributed by atoms with Gasteiger partial charge in [0.25, 0.3) is 0 Å². The lowest BCUT2D eigenvalue weighted by Gasteiger charge is -2.01. The second-order valence-electron chi connectivity index (χ2n) is 2.11. The van der Waals surface area contributed by atoms with Crippen LogP contribution in [0.15, 0.2) is 12.1 Å². The monoisotopic (exact) mass is 170 g/mol. The first kappa shape index (κ1) is 10.6. The van der Waals surface area contributed by atoms with Gasteiger partial charge in [0.15, 0.2) is 0 Å². The fourth-order valence-corrected chi connectivity index (χ4v) is 0.670. The summed E-state index contributed by atoms with van der Waals surface area (Å²) in [7, 11) is 0. The standard InChI is InChI=1S/C7H8O3.C2H6/c1-4-6(9)2-5(8)3-7(4)10;1-2/h2-3,8-10H,1H3;1-2H3. The Morgan fingerprint density at radius 2 is 1.25 bits per heavy atom. The van der Waals surface area contributed by atoms with Crippen molar-refractivity contribution in [2.24, 2.45) is 0 Å². The van der Waals surface area contributed by atoms with Crippen molar-refractivity contribution >= 4 is 0 Å². The van der Waals surface area contributed by atoms with Gasteiger partial charge in [-0.15, -0.1) is 0 Å². The van der Waals surface area contributed by atoms with Crippen LogP contribution in [0.5, 0.6) is 17.2 Å². The number of aromatic hydroxyl groups is 3. The number of phenols is 3. The van der Waals surface area contributed by atoms with Gasteiger partial charge in [-0.2, -0.15) is 0 Å². The molecule has 0 heterocycles. The summed E-state index contributed by atoms with van der Waals surface area (Å²) in [6, 6.07) is 2.35. The summed E-state index contributed by atoms with van der Waals surface area (Å²) in [4.78, 5) is 0. The number of rotatable bonds is 0. The van der Waals surface area contributed by atoms with Crippen LogP contribution in [0.4, 0.5) is 0 Å². The molecule has 3 heteroatoms. The van der Waals surface area contributed by atoms with Crippen LogP contribution in [-0.2, 0) is 0 Å². The van der Waals surface area contributed by atoms with Gasteiger partial charge >= 0.3 is 0 Å². The van der Waals surface area contributed by atoms with Gasteiger partial charge in [-0.1, -0.05) is 13.8 Å². The maximum atomic E-state index is 8.96. The normalized spacial score (nSPS) is 8.58. The van der Waals surface area contributed by atoms with E-state index in [0.29, 0.717) is 5.56 Å². The van der Waals surface area contributed by atoms with Gasteiger partial charge in [-0.25, -0.2) is 0 Å². The predicted molar refractivity (Wildman–Crippen MR) is 47.5 cm³/mol. The van der Waals surface area contributed by atoms with Crippen molar-refractivity contribution in [3.05, 3.63) is 17.7 Å². The van der Waals surface area contributed by atoms with E-state index >= 15 is 0 Å². The first-order valence-corrected chi connectivity index (χ1v) is 3.83. The Balaban J connectivity index is 0.000000561. The average Bonchev–Trinajstić information content (AvgIpc) is 2.04. The molecule has 68 valence electrons. The molecule has 0 aromatic heterocycles. The topological polar surface area (TPSA) is 60.7 Å². The van der Waals surface area contributed by atoms with Crippen LogP contribution < -0.4 is 0 Å². The Labute approximate surface area is 71.9 Å². The number of phenolic OH excluding ortho intramolecular Hbond substituents is 3. The Kier molecular flexibility index (Phi) is 3.97. The molecule has 1 rings (SSSR count). The highest BCUT2D eigenvalue weighted by Gasteiger charge is 2.02. The summed E-state index contributed by atoms with van der Waals surface area (Å²) in [5.74, 6) is -0.337. The zero-order valence-corrected chi connectivity index (χ0v) is 7.50. The van der Waals surface area contributed by atoms with E-state index in [2.05, 4.69) is 0 Å². The first-order chi connectivity index (χ1) is 5.61. The molecule has 12 heavy (non-hydrogen) atoms. The maximum Gasteiger partial charge on any atom is 0.125 e. The molecule has 0 unspecified atom stereocenters. The van der Waals surface area contributed by atoms with E-state index < -0.39 is 0 Å². The molecule has 0 aliphatic rings. The fourth-order valence-electron chi connectivity index (χ4n) is 0.670. The van der Waals surface area contributed by atoms with Crippen LogP contribution in [0.3, 0.4) is 0 Å². The number of hydrogen-bond donors (Lipinski definition) is 3. The summed E-state index contributed by atoms with van der Waals surface area (Å²) in [5, 5.41) is 26.7. The third-order valence-corrected chi connectivity index (χ3v) is 1.34. The first-order valence-electron chi connectivity index (χ1n) is 3.83.